The number of hydrogen-bond acceptors (Lipinski definition) is 2. The molecule has 0 aromatic heterocycles. The maximum Gasteiger partial charge on any atom is 0.0353 e. The Balaban J connectivity index is 1.59. The van der Waals surface area contributed by atoms with Crippen LogP contribution in [0.3, 0.4) is 0 Å². The molecule has 1 N–H and O–H groups in total. The van der Waals surface area contributed by atoms with E-state index in [-0.39, 0.29) is 0 Å². The van der Waals surface area contributed by atoms with Crippen LogP contribution in [0.15, 0.2) is 57.9 Å². The van der Waals surface area contributed by atoms with Crippen molar-refractivity contribution in [2.75, 3.05) is 11.6 Å². The van der Waals surface area contributed by atoms with E-state index in [9.17, 15) is 0 Å². The van der Waals surface area contributed by atoms with Gasteiger partial charge < -0.3 is 5.32 Å². The lowest BCUT2D eigenvalue weighted by Crippen LogP contribution is -2.34. The third-order valence-electron chi connectivity index (χ3n) is 3.92. The molecule has 1 nitrogen and oxygen atoms in total. The van der Waals surface area contributed by atoms with Crippen molar-refractivity contribution in [3.63, 3.8) is 0 Å². The Morgan fingerprint density at radius 2 is 1.90 bits per heavy atom. The van der Waals surface area contributed by atoms with Crippen LogP contribution in [0.25, 0.3) is 0 Å². The van der Waals surface area contributed by atoms with Crippen molar-refractivity contribution in [1.82, 2.24) is 0 Å². The van der Waals surface area contributed by atoms with E-state index in [1.165, 1.54) is 33.5 Å². The smallest absolute Gasteiger partial charge is 0.0353 e. The second-order valence-electron chi connectivity index (χ2n) is 5.26. The third-order valence-corrected chi connectivity index (χ3v) is 5.37. The fourth-order valence-corrected chi connectivity index (χ4v) is 3.81. The molecule has 1 aliphatic rings. The van der Waals surface area contributed by atoms with E-state index in [0.29, 0.717) is 12.0 Å². The van der Waals surface area contributed by atoms with Gasteiger partial charge in [0.05, 0.1) is 0 Å². The van der Waals surface area contributed by atoms with Gasteiger partial charge in [0, 0.05) is 21.1 Å². The second kappa shape index (κ2) is 6.23. The zero-order valence-corrected chi connectivity index (χ0v) is 13.9. The van der Waals surface area contributed by atoms with Crippen LogP contribution in [0.1, 0.15) is 24.3 Å². The topological polar surface area (TPSA) is 12.0 Å². The number of halogens is 1. The SMILES string of the molecule is CSc1cccc(NC2CC(c3ccccc3Br)C2)c1. The molecule has 3 rings (SSSR count). The average Bonchev–Trinajstić information content (AvgIpc) is 2.44. The van der Waals surface area contributed by atoms with Gasteiger partial charge in [0.2, 0.25) is 0 Å². The summed E-state index contributed by atoms with van der Waals surface area (Å²) in [5, 5.41) is 3.64. The molecule has 104 valence electrons. The molecular weight excluding hydrogens is 330 g/mol. The minimum Gasteiger partial charge on any atom is -0.382 e. The van der Waals surface area contributed by atoms with E-state index < -0.39 is 0 Å². The molecular formula is C17H18BrNS. The minimum atomic E-state index is 0.601. The molecule has 0 saturated heterocycles. The summed E-state index contributed by atoms with van der Waals surface area (Å²) in [5.74, 6) is 0.687. The van der Waals surface area contributed by atoms with Crippen LogP contribution in [0.4, 0.5) is 5.69 Å². The Morgan fingerprint density at radius 1 is 1.10 bits per heavy atom. The number of hydrogen-bond donors (Lipinski definition) is 1. The molecule has 1 aliphatic carbocycles. The van der Waals surface area contributed by atoms with Gasteiger partial charge in [-0.1, -0.05) is 40.2 Å². The molecule has 1 fully saturated rings. The molecule has 0 unspecified atom stereocenters. The second-order valence-corrected chi connectivity index (χ2v) is 7.00. The van der Waals surface area contributed by atoms with Crippen molar-refractivity contribution < 1.29 is 0 Å². The lowest BCUT2D eigenvalue weighted by atomic mass is 9.76. The van der Waals surface area contributed by atoms with E-state index in [1.54, 1.807) is 11.8 Å². The highest BCUT2D eigenvalue weighted by molar-refractivity contribution is 9.10. The highest BCUT2D eigenvalue weighted by Gasteiger charge is 2.31. The molecule has 0 amide bonds. The Morgan fingerprint density at radius 3 is 2.65 bits per heavy atom. The summed E-state index contributed by atoms with van der Waals surface area (Å²) in [6.45, 7) is 0. The fourth-order valence-electron chi connectivity index (χ4n) is 2.74. The molecule has 3 heteroatoms. The summed E-state index contributed by atoms with van der Waals surface area (Å²) in [6, 6.07) is 17.8. The quantitative estimate of drug-likeness (QED) is 0.729. The maximum atomic E-state index is 3.65. The Labute approximate surface area is 133 Å². The number of anilines is 1. The van der Waals surface area contributed by atoms with Crippen molar-refractivity contribution in [1.29, 1.82) is 0 Å². The third kappa shape index (κ3) is 3.04. The molecule has 2 aromatic rings. The van der Waals surface area contributed by atoms with Gasteiger partial charge in [-0.3, -0.25) is 0 Å². The van der Waals surface area contributed by atoms with Gasteiger partial charge in [-0.05, 0) is 54.8 Å². The van der Waals surface area contributed by atoms with Crippen molar-refractivity contribution in [3.8, 4) is 0 Å². The van der Waals surface area contributed by atoms with Crippen molar-refractivity contribution >= 4 is 33.4 Å². The molecule has 1 saturated carbocycles. The van der Waals surface area contributed by atoms with E-state index in [2.05, 4.69) is 76.0 Å². The number of rotatable bonds is 4. The highest BCUT2D eigenvalue weighted by atomic mass is 79.9. The van der Waals surface area contributed by atoms with E-state index in [1.807, 2.05) is 0 Å². The first-order chi connectivity index (χ1) is 9.76. The predicted octanol–water partition coefficient (Wildman–Crippen LogP) is 5.53. The van der Waals surface area contributed by atoms with Gasteiger partial charge >= 0.3 is 0 Å². The highest BCUT2D eigenvalue weighted by Crippen LogP contribution is 2.41. The first-order valence-corrected chi connectivity index (χ1v) is 8.93. The molecule has 0 radical (unpaired) electrons. The zero-order chi connectivity index (χ0) is 13.9. The minimum absolute atomic E-state index is 0.601. The first-order valence-electron chi connectivity index (χ1n) is 6.91. The largest absolute Gasteiger partial charge is 0.382 e. The molecule has 2 aromatic carbocycles. The van der Waals surface area contributed by atoms with Crippen LogP contribution in [0.5, 0.6) is 0 Å². The summed E-state index contributed by atoms with van der Waals surface area (Å²) in [7, 11) is 0. The van der Waals surface area contributed by atoms with E-state index in [4.69, 9.17) is 0 Å². The van der Waals surface area contributed by atoms with E-state index >= 15 is 0 Å². The lowest BCUT2D eigenvalue weighted by molar-refractivity contribution is 0.373. The van der Waals surface area contributed by atoms with Gasteiger partial charge in [0.1, 0.15) is 0 Å². The molecule has 0 spiro atoms. The average molecular weight is 348 g/mol. The molecule has 0 aliphatic heterocycles. The fraction of sp³-hybridized carbons (Fsp3) is 0.294. The lowest BCUT2D eigenvalue weighted by Gasteiger charge is -2.37. The monoisotopic (exact) mass is 347 g/mol. The van der Waals surface area contributed by atoms with Crippen LogP contribution in [-0.2, 0) is 0 Å². The summed E-state index contributed by atoms with van der Waals surface area (Å²) in [4.78, 5) is 1.32. The van der Waals surface area contributed by atoms with Crippen LogP contribution in [0, 0.1) is 0 Å². The Bertz CT molecular complexity index is 593. The first kappa shape index (κ1) is 14.0. The maximum absolute atomic E-state index is 3.65. The van der Waals surface area contributed by atoms with Crippen LogP contribution >= 0.6 is 27.7 Å². The normalized spacial score (nSPS) is 21.3. The van der Waals surface area contributed by atoms with Crippen molar-refractivity contribution in [3.05, 3.63) is 58.6 Å². The summed E-state index contributed by atoms with van der Waals surface area (Å²) in [5.41, 5.74) is 2.69. The molecule has 0 heterocycles. The Hall–Kier alpha value is -0.930. The number of benzene rings is 2. The Kier molecular flexibility index (Phi) is 4.37. The van der Waals surface area contributed by atoms with E-state index in [0.717, 1.165) is 0 Å². The van der Waals surface area contributed by atoms with Gasteiger partial charge in [-0.25, -0.2) is 0 Å². The van der Waals surface area contributed by atoms with Gasteiger partial charge in [-0.2, -0.15) is 0 Å². The van der Waals surface area contributed by atoms with Gasteiger partial charge in [0.15, 0.2) is 0 Å². The summed E-state index contributed by atoms with van der Waals surface area (Å²) < 4.78 is 1.24. The molecule has 0 atom stereocenters. The van der Waals surface area contributed by atoms with Crippen LogP contribution < -0.4 is 5.32 Å². The standard InChI is InChI=1S/C17H18BrNS/c1-20-15-6-4-5-13(11-15)19-14-9-12(10-14)16-7-2-3-8-17(16)18/h2-8,11-12,14,19H,9-10H2,1H3. The van der Waals surface area contributed by atoms with Gasteiger partial charge in [0.25, 0.3) is 0 Å². The molecule has 0 bridgehead atoms. The summed E-state index contributed by atoms with van der Waals surface area (Å²) in [6.07, 6.45) is 4.55. The number of nitrogens with one attached hydrogen (secondary N) is 1. The van der Waals surface area contributed by atoms with Gasteiger partial charge in [-0.15, -0.1) is 11.8 Å². The summed E-state index contributed by atoms with van der Waals surface area (Å²) >= 11 is 5.44. The zero-order valence-electron chi connectivity index (χ0n) is 11.5. The van der Waals surface area contributed by atoms with Crippen LogP contribution in [-0.4, -0.2) is 12.3 Å². The molecule has 20 heavy (non-hydrogen) atoms. The van der Waals surface area contributed by atoms with Crippen LogP contribution in [0.2, 0.25) is 0 Å². The number of thioether (sulfide) groups is 1. The van der Waals surface area contributed by atoms with Crippen molar-refractivity contribution in [2.24, 2.45) is 0 Å². The predicted molar refractivity (Wildman–Crippen MR) is 91.8 cm³/mol. The van der Waals surface area contributed by atoms with Crippen molar-refractivity contribution in [2.45, 2.75) is 29.7 Å².